The molecule has 0 unspecified atom stereocenters. The molecule has 0 radical (unpaired) electrons. The van der Waals surface area contributed by atoms with Gasteiger partial charge in [-0.25, -0.2) is 4.79 Å². The molecule has 0 saturated heterocycles. The second-order valence-corrected chi connectivity index (χ2v) is 8.04. The summed E-state index contributed by atoms with van der Waals surface area (Å²) in [4.78, 5) is 24.5. The fourth-order valence-electron chi connectivity index (χ4n) is 2.79. The minimum atomic E-state index is -1.08. The van der Waals surface area contributed by atoms with Gasteiger partial charge in [0.25, 0.3) is 5.91 Å². The smallest absolute Gasteiger partial charge is 0.326 e. The summed E-state index contributed by atoms with van der Waals surface area (Å²) >= 11 is 0. The molecule has 0 heterocycles. The summed E-state index contributed by atoms with van der Waals surface area (Å²) in [5.41, 5.74) is -0.345. The third-order valence-corrected chi connectivity index (χ3v) is 4.19. The predicted octanol–water partition coefficient (Wildman–Crippen LogP) is 4.11. The van der Waals surface area contributed by atoms with E-state index >= 15 is 0 Å². The van der Waals surface area contributed by atoms with Gasteiger partial charge in [-0.15, -0.1) is 0 Å². The molecule has 28 heavy (non-hydrogen) atoms. The van der Waals surface area contributed by atoms with Gasteiger partial charge < -0.3 is 15.2 Å². The Balaban J connectivity index is 2.42. The molecule has 5 nitrogen and oxygen atoms in total. The van der Waals surface area contributed by atoms with E-state index in [1.165, 1.54) is 0 Å². The van der Waals surface area contributed by atoms with Crippen LogP contribution in [0.1, 0.15) is 45.0 Å². The Morgan fingerprint density at radius 2 is 1.82 bits per heavy atom. The van der Waals surface area contributed by atoms with Crippen LogP contribution in [0.3, 0.4) is 0 Å². The summed E-state index contributed by atoms with van der Waals surface area (Å²) in [5, 5.41) is 13.8. The Hall–Kier alpha value is -3.00. The molecule has 2 aromatic rings. The maximum absolute atomic E-state index is 12.9. The molecule has 0 aliphatic carbocycles. The lowest BCUT2D eigenvalue weighted by molar-refractivity contribution is -0.142. The van der Waals surface area contributed by atoms with E-state index in [4.69, 9.17) is 4.74 Å². The van der Waals surface area contributed by atoms with Gasteiger partial charge >= 0.3 is 5.97 Å². The van der Waals surface area contributed by atoms with Crippen molar-refractivity contribution in [3.8, 4) is 17.6 Å². The highest BCUT2D eigenvalue weighted by Gasteiger charge is 2.33. The molecule has 2 rings (SSSR count). The van der Waals surface area contributed by atoms with E-state index in [2.05, 4.69) is 17.2 Å². The second kappa shape index (κ2) is 8.79. The van der Waals surface area contributed by atoms with Crippen molar-refractivity contribution in [2.45, 2.75) is 40.7 Å². The first-order valence-electron chi connectivity index (χ1n) is 9.28. The molecular weight excluding hydrogens is 354 g/mol. The van der Waals surface area contributed by atoms with Gasteiger partial charge in [0.15, 0.2) is 0 Å². The van der Waals surface area contributed by atoms with E-state index in [0.29, 0.717) is 11.3 Å². The quantitative estimate of drug-likeness (QED) is 0.765. The fourth-order valence-corrected chi connectivity index (χ4v) is 2.79. The largest absolute Gasteiger partial charge is 0.480 e. The number of amides is 1. The zero-order valence-corrected chi connectivity index (χ0v) is 17.0. The number of hydrogen-bond donors (Lipinski definition) is 2. The van der Waals surface area contributed by atoms with Gasteiger partial charge in [-0.2, -0.15) is 0 Å². The van der Waals surface area contributed by atoms with Crippen molar-refractivity contribution in [1.82, 2.24) is 5.32 Å². The van der Waals surface area contributed by atoms with Crippen LogP contribution in [0, 0.1) is 23.2 Å². The lowest BCUT2D eigenvalue weighted by Crippen LogP contribution is -2.49. The minimum absolute atomic E-state index is 0.147. The van der Waals surface area contributed by atoms with Crippen molar-refractivity contribution in [3.63, 3.8) is 0 Å². The molecule has 0 fully saturated rings. The second-order valence-electron chi connectivity index (χ2n) is 8.04. The van der Waals surface area contributed by atoms with Crippen LogP contribution in [-0.2, 0) is 4.79 Å². The van der Waals surface area contributed by atoms with Crippen LogP contribution in [0.5, 0.6) is 5.75 Å². The number of carbonyl (C=O) groups is 2. The Kier molecular flexibility index (Phi) is 6.69. The van der Waals surface area contributed by atoms with Crippen LogP contribution in [0.15, 0.2) is 36.4 Å². The summed E-state index contributed by atoms with van der Waals surface area (Å²) in [5.74, 6) is 5.05. The van der Waals surface area contributed by atoms with Crippen LogP contribution in [0.25, 0.3) is 10.8 Å². The molecule has 1 amide bonds. The van der Waals surface area contributed by atoms with Gasteiger partial charge in [-0.05, 0) is 16.9 Å². The SMILES string of the molecule is CC(C)C#CCOc1c(C(=O)N[C@H](C(=O)O)C(C)(C)C)ccc2ccccc12. The average Bonchev–Trinajstić information content (AvgIpc) is 2.61. The average molecular weight is 381 g/mol. The van der Waals surface area contributed by atoms with Crippen molar-refractivity contribution in [2.24, 2.45) is 11.3 Å². The van der Waals surface area contributed by atoms with Gasteiger partial charge in [0.1, 0.15) is 18.4 Å². The number of carboxylic acid groups (broad SMARTS) is 1. The first-order valence-corrected chi connectivity index (χ1v) is 9.28. The van der Waals surface area contributed by atoms with Crippen LogP contribution in [0.4, 0.5) is 0 Å². The van der Waals surface area contributed by atoms with Crippen molar-refractivity contribution < 1.29 is 19.4 Å². The van der Waals surface area contributed by atoms with E-state index in [0.717, 1.165) is 10.8 Å². The van der Waals surface area contributed by atoms with Gasteiger partial charge in [-0.3, -0.25) is 4.79 Å². The van der Waals surface area contributed by atoms with Gasteiger partial charge in [0, 0.05) is 11.3 Å². The lowest BCUT2D eigenvalue weighted by Gasteiger charge is -2.28. The molecule has 1 atom stereocenters. The maximum atomic E-state index is 12.9. The zero-order valence-electron chi connectivity index (χ0n) is 17.0. The van der Waals surface area contributed by atoms with Crippen molar-refractivity contribution in [2.75, 3.05) is 6.61 Å². The lowest BCUT2D eigenvalue weighted by atomic mass is 9.86. The summed E-state index contributed by atoms with van der Waals surface area (Å²) < 4.78 is 5.87. The maximum Gasteiger partial charge on any atom is 0.326 e. The summed E-state index contributed by atoms with van der Waals surface area (Å²) in [6, 6.07) is 10.0. The summed E-state index contributed by atoms with van der Waals surface area (Å²) in [7, 11) is 0. The van der Waals surface area contributed by atoms with Gasteiger partial charge in [-0.1, -0.05) is 76.8 Å². The number of benzene rings is 2. The number of carboxylic acids is 1. The Morgan fingerprint density at radius 1 is 1.14 bits per heavy atom. The van der Waals surface area contributed by atoms with Crippen molar-refractivity contribution >= 4 is 22.6 Å². The number of ether oxygens (including phenoxy) is 1. The molecule has 2 N–H and O–H groups in total. The third kappa shape index (κ3) is 5.26. The topological polar surface area (TPSA) is 75.6 Å². The standard InChI is InChI=1S/C23H27NO4/c1-15(2)9-8-14-28-19-17-11-7-6-10-16(17)12-13-18(19)21(25)24-20(22(26)27)23(3,4)5/h6-7,10-13,15,20H,14H2,1-5H3,(H,24,25)(H,26,27)/t20-/m1/s1. The monoisotopic (exact) mass is 381 g/mol. The molecule has 0 bridgehead atoms. The first-order chi connectivity index (χ1) is 13.1. The molecule has 0 spiro atoms. The van der Waals surface area contributed by atoms with Gasteiger partial charge in [0.05, 0.1) is 5.56 Å². The highest BCUT2D eigenvalue weighted by molar-refractivity contribution is 6.05. The normalized spacial score (nSPS) is 12.2. The molecule has 2 aromatic carbocycles. The molecule has 0 saturated carbocycles. The molecule has 0 aromatic heterocycles. The highest BCUT2D eigenvalue weighted by atomic mass is 16.5. The van der Waals surface area contributed by atoms with Crippen LogP contribution >= 0.6 is 0 Å². The Bertz CT molecular complexity index is 929. The van der Waals surface area contributed by atoms with E-state index in [1.807, 2.05) is 44.2 Å². The number of aliphatic carboxylic acids is 1. The first kappa shape index (κ1) is 21.3. The van der Waals surface area contributed by atoms with Crippen LogP contribution in [-0.4, -0.2) is 29.6 Å². The van der Waals surface area contributed by atoms with Crippen molar-refractivity contribution in [3.05, 3.63) is 42.0 Å². The molecule has 5 heteroatoms. The molecular formula is C23H27NO4. The Labute approximate surface area is 166 Å². The number of carbonyl (C=O) groups excluding carboxylic acids is 1. The Morgan fingerprint density at radius 3 is 2.43 bits per heavy atom. The molecule has 148 valence electrons. The van der Waals surface area contributed by atoms with E-state index in [-0.39, 0.29) is 12.5 Å². The number of fused-ring (bicyclic) bond motifs is 1. The highest BCUT2D eigenvalue weighted by Crippen LogP contribution is 2.30. The van der Waals surface area contributed by atoms with Gasteiger partial charge in [0.2, 0.25) is 0 Å². The number of hydrogen-bond acceptors (Lipinski definition) is 3. The minimum Gasteiger partial charge on any atom is -0.480 e. The molecule has 0 aliphatic heterocycles. The van der Waals surface area contributed by atoms with Crippen LogP contribution < -0.4 is 10.1 Å². The van der Waals surface area contributed by atoms with E-state index in [1.54, 1.807) is 26.8 Å². The van der Waals surface area contributed by atoms with Crippen molar-refractivity contribution in [1.29, 1.82) is 0 Å². The summed E-state index contributed by atoms with van der Waals surface area (Å²) in [6.07, 6.45) is 0. The predicted molar refractivity (Wildman–Crippen MR) is 110 cm³/mol. The fraction of sp³-hybridized carbons (Fsp3) is 0.391. The summed E-state index contributed by atoms with van der Waals surface area (Å²) in [6.45, 7) is 9.43. The van der Waals surface area contributed by atoms with Crippen LogP contribution in [0.2, 0.25) is 0 Å². The number of nitrogens with one attached hydrogen (secondary N) is 1. The zero-order chi connectivity index (χ0) is 20.9. The number of rotatable bonds is 5. The van der Waals surface area contributed by atoms with E-state index < -0.39 is 23.3 Å². The van der Waals surface area contributed by atoms with E-state index in [9.17, 15) is 14.7 Å². The third-order valence-electron chi connectivity index (χ3n) is 4.19. The molecule has 0 aliphatic rings.